The predicted octanol–water partition coefficient (Wildman–Crippen LogP) is 8.96. The highest BCUT2D eigenvalue weighted by molar-refractivity contribution is 5.72. The number of hydrogen-bond donors (Lipinski definition) is 2. The number of nitrogens with one attached hydrogen (secondary N) is 2. The van der Waals surface area contributed by atoms with E-state index in [-0.39, 0.29) is 16.9 Å². The van der Waals surface area contributed by atoms with Gasteiger partial charge in [-0.3, -0.25) is 0 Å². The van der Waals surface area contributed by atoms with Gasteiger partial charge >= 0.3 is 12.2 Å². The van der Waals surface area contributed by atoms with Gasteiger partial charge in [-0.1, -0.05) is 111 Å². The molecule has 42 heavy (non-hydrogen) atoms. The maximum Gasteiger partial charge on any atom is 0.412 e. The number of carbonyl (C=O) groups excluding carboxylic acids is 2. The van der Waals surface area contributed by atoms with Crippen molar-refractivity contribution in [2.75, 3.05) is 6.54 Å². The minimum absolute atomic E-state index is 0.00790. The Morgan fingerprint density at radius 1 is 0.714 bits per heavy atom. The van der Waals surface area contributed by atoms with Crippen LogP contribution in [0.25, 0.3) is 0 Å². The molecule has 0 aliphatic heterocycles. The van der Waals surface area contributed by atoms with Crippen molar-refractivity contribution in [3.63, 3.8) is 0 Å². The lowest BCUT2D eigenvalue weighted by Gasteiger charge is -2.46. The Balaban J connectivity index is 1.68. The first-order valence-electron chi connectivity index (χ1n) is 16.2. The van der Waals surface area contributed by atoms with E-state index in [9.17, 15) is 9.59 Å². The first-order valence-corrected chi connectivity index (χ1v) is 16.2. The molecule has 2 N–H and O–H groups in total. The second-order valence-corrected chi connectivity index (χ2v) is 13.3. The molecule has 1 aliphatic carbocycles. The van der Waals surface area contributed by atoms with Crippen LogP contribution in [0.3, 0.4) is 0 Å². The first kappa shape index (κ1) is 33.5. The number of ether oxygens (including phenoxy) is 2. The highest BCUT2D eigenvalue weighted by atomic mass is 16.6. The number of hydrogen-bond acceptors (Lipinski definition) is 4. The molecule has 2 amide bonds. The van der Waals surface area contributed by atoms with E-state index in [1.165, 1.54) is 0 Å². The van der Waals surface area contributed by atoms with Gasteiger partial charge in [0.1, 0.15) is 11.5 Å². The van der Waals surface area contributed by atoms with Crippen LogP contribution in [0.2, 0.25) is 0 Å². The van der Waals surface area contributed by atoms with Gasteiger partial charge < -0.3 is 20.1 Å². The number of carbonyl (C=O) groups is 2. The van der Waals surface area contributed by atoms with Crippen molar-refractivity contribution in [1.29, 1.82) is 0 Å². The van der Waals surface area contributed by atoms with Crippen LogP contribution < -0.4 is 20.1 Å². The fourth-order valence-corrected chi connectivity index (χ4v) is 6.98. The molecule has 232 valence electrons. The third-order valence-electron chi connectivity index (χ3n) is 8.25. The summed E-state index contributed by atoms with van der Waals surface area (Å²) >= 11 is 0. The molecule has 3 rings (SSSR count). The van der Waals surface area contributed by atoms with E-state index in [2.05, 4.69) is 95.5 Å². The molecule has 2 aromatic rings. The van der Waals surface area contributed by atoms with Crippen LogP contribution in [0, 0.1) is 10.8 Å². The zero-order valence-electron chi connectivity index (χ0n) is 27.2. The number of para-hydroxylation sites is 2. The van der Waals surface area contributed by atoms with Crippen LogP contribution in [0.4, 0.5) is 9.59 Å². The molecule has 0 aromatic heterocycles. The maximum absolute atomic E-state index is 13.2. The van der Waals surface area contributed by atoms with Gasteiger partial charge in [-0.05, 0) is 78.0 Å². The van der Waals surface area contributed by atoms with Crippen molar-refractivity contribution < 1.29 is 19.1 Å². The van der Waals surface area contributed by atoms with Crippen LogP contribution >= 0.6 is 0 Å². The minimum atomic E-state index is -0.416. The molecule has 6 nitrogen and oxygen atoms in total. The fraction of sp³-hybridized carbons (Fsp3) is 0.611. The van der Waals surface area contributed by atoms with E-state index in [1.54, 1.807) is 0 Å². The average molecular weight is 579 g/mol. The van der Waals surface area contributed by atoms with Crippen LogP contribution in [0.5, 0.6) is 11.5 Å². The second kappa shape index (κ2) is 15.5. The van der Waals surface area contributed by atoms with Gasteiger partial charge in [0.05, 0.1) is 0 Å². The molecule has 0 heterocycles. The number of rotatable bonds is 13. The van der Waals surface area contributed by atoms with Crippen LogP contribution in [-0.4, -0.2) is 24.8 Å². The Morgan fingerprint density at radius 2 is 1.14 bits per heavy atom. The van der Waals surface area contributed by atoms with E-state index in [0.717, 1.165) is 92.9 Å². The summed E-state index contributed by atoms with van der Waals surface area (Å²) in [6.45, 7) is 15.7. The SMILES string of the molecule is CCCc1cccc(CCC)c1OC(=O)NCC1(C)CC(NC(=O)Oc2c(CCC)cccc2CCC)CC(C)(C)C1. The van der Waals surface area contributed by atoms with Crippen molar-refractivity contribution in [3.05, 3.63) is 58.7 Å². The van der Waals surface area contributed by atoms with Crippen molar-refractivity contribution in [1.82, 2.24) is 10.6 Å². The molecule has 1 fully saturated rings. The Morgan fingerprint density at radius 3 is 1.57 bits per heavy atom. The zero-order valence-corrected chi connectivity index (χ0v) is 27.2. The molecular weight excluding hydrogens is 524 g/mol. The maximum atomic E-state index is 13.2. The molecule has 2 aromatic carbocycles. The van der Waals surface area contributed by atoms with Crippen molar-refractivity contribution in [2.45, 2.75) is 125 Å². The van der Waals surface area contributed by atoms with Gasteiger partial charge in [0.25, 0.3) is 0 Å². The molecule has 6 heteroatoms. The molecule has 1 saturated carbocycles. The van der Waals surface area contributed by atoms with Gasteiger partial charge in [0.15, 0.2) is 0 Å². The largest absolute Gasteiger partial charge is 0.412 e. The Labute approximate surface area is 254 Å². The van der Waals surface area contributed by atoms with Gasteiger partial charge in [0, 0.05) is 12.6 Å². The summed E-state index contributed by atoms with van der Waals surface area (Å²) in [6, 6.07) is 12.3. The lowest BCUT2D eigenvalue weighted by atomic mass is 9.62. The summed E-state index contributed by atoms with van der Waals surface area (Å²) in [5.74, 6) is 1.42. The van der Waals surface area contributed by atoms with Crippen LogP contribution in [-0.2, 0) is 25.7 Å². The lowest BCUT2D eigenvalue weighted by molar-refractivity contribution is 0.0701. The summed E-state index contributed by atoms with van der Waals surface area (Å²) < 4.78 is 12.0. The smallest absolute Gasteiger partial charge is 0.410 e. The van der Waals surface area contributed by atoms with E-state index in [1.807, 2.05) is 0 Å². The minimum Gasteiger partial charge on any atom is -0.410 e. The standard InChI is InChI=1S/C36H54N2O4/c1-8-14-26-18-12-19-27(15-9-2)31(26)41-33(39)37-25-36(7)23-30(22-35(5,6)24-36)38-34(40)42-32-28(16-10-3)20-13-21-29(32)17-11-4/h12-13,18-21,30H,8-11,14-17,22-25H2,1-7H3,(H,37,39)(H,38,40). The first-order chi connectivity index (χ1) is 20.0. The molecular formula is C36H54N2O4. The van der Waals surface area contributed by atoms with Crippen molar-refractivity contribution in [3.8, 4) is 11.5 Å². The summed E-state index contributed by atoms with van der Waals surface area (Å²) in [6.07, 6.45) is 9.16. The summed E-state index contributed by atoms with van der Waals surface area (Å²) in [7, 11) is 0. The van der Waals surface area contributed by atoms with E-state index >= 15 is 0 Å². The Hall–Kier alpha value is -3.02. The van der Waals surface area contributed by atoms with Gasteiger partial charge in [-0.15, -0.1) is 0 Å². The molecule has 2 atom stereocenters. The van der Waals surface area contributed by atoms with Gasteiger partial charge in [-0.2, -0.15) is 0 Å². The summed E-state index contributed by atoms with van der Waals surface area (Å²) in [5, 5.41) is 6.25. The molecule has 1 aliphatic rings. The highest BCUT2D eigenvalue weighted by Crippen LogP contribution is 2.46. The quantitative estimate of drug-likeness (QED) is 0.249. The number of benzene rings is 2. The van der Waals surface area contributed by atoms with Crippen molar-refractivity contribution >= 4 is 12.2 Å². The number of amides is 2. The van der Waals surface area contributed by atoms with Crippen LogP contribution in [0.1, 0.15) is 116 Å². The monoisotopic (exact) mass is 578 g/mol. The lowest BCUT2D eigenvalue weighted by Crippen LogP contribution is -2.51. The number of aryl methyl sites for hydroxylation is 4. The molecule has 0 bridgehead atoms. The molecule has 0 spiro atoms. The Kier molecular flexibility index (Phi) is 12.3. The normalized spacial score (nSPS) is 19.6. The van der Waals surface area contributed by atoms with Gasteiger partial charge in [0.2, 0.25) is 0 Å². The van der Waals surface area contributed by atoms with Crippen LogP contribution in [0.15, 0.2) is 36.4 Å². The van der Waals surface area contributed by atoms with E-state index < -0.39 is 12.2 Å². The third kappa shape index (κ3) is 9.50. The van der Waals surface area contributed by atoms with E-state index in [0.29, 0.717) is 18.0 Å². The topological polar surface area (TPSA) is 76.7 Å². The van der Waals surface area contributed by atoms with E-state index in [4.69, 9.17) is 9.47 Å². The molecule has 0 radical (unpaired) electrons. The Bertz CT molecular complexity index is 1140. The van der Waals surface area contributed by atoms with Gasteiger partial charge in [-0.25, -0.2) is 9.59 Å². The molecule has 0 saturated heterocycles. The predicted molar refractivity (Wildman–Crippen MR) is 172 cm³/mol. The van der Waals surface area contributed by atoms with Crippen molar-refractivity contribution in [2.24, 2.45) is 10.8 Å². The average Bonchev–Trinajstić information content (AvgIpc) is 2.90. The summed E-state index contributed by atoms with van der Waals surface area (Å²) in [4.78, 5) is 26.3. The third-order valence-corrected chi connectivity index (χ3v) is 8.25. The highest BCUT2D eigenvalue weighted by Gasteiger charge is 2.42. The zero-order chi connectivity index (χ0) is 30.8. The second-order valence-electron chi connectivity index (χ2n) is 13.3. The molecule has 2 unspecified atom stereocenters. The fourth-order valence-electron chi connectivity index (χ4n) is 6.98. The summed E-state index contributed by atoms with van der Waals surface area (Å²) in [5.41, 5.74) is 4.10.